The number of hydrogen-bond acceptors (Lipinski definition) is 1. The van der Waals surface area contributed by atoms with Crippen molar-refractivity contribution in [3.05, 3.63) is 29.8 Å². The molecule has 0 amide bonds. The van der Waals surface area contributed by atoms with Crippen LogP contribution in [0, 0.1) is 5.92 Å². The molecule has 2 heteroatoms. The van der Waals surface area contributed by atoms with Gasteiger partial charge < -0.3 is 5.11 Å². The van der Waals surface area contributed by atoms with Gasteiger partial charge in [0.05, 0.1) is 0 Å². The van der Waals surface area contributed by atoms with E-state index in [0.717, 1.165) is 14.5 Å². The van der Waals surface area contributed by atoms with Crippen LogP contribution >= 0.6 is 8.58 Å². The lowest BCUT2D eigenvalue weighted by Gasteiger charge is -2.17. The predicted molar refractivity (Wildman–Crippen MR) is 64.5 cm³/mol. The van der Waals surface area contributed by atoms with Gasteiger partial charge in [-0.2, -0.15) is 0 Å². The minimum atomic E-state index is 0.358. The van der Waals surface area contributed by atoms with Crippen molar-refractivity contribution in [1.82, 2.24) is 0 Å². The van der Waals surface area contributed by atoms with Crippen LogP contribution in [0.4, 0.5) is 0 Å². The summed E-state index contributed by atoms with van der Waals surface area (Å²) in [5, 5.41) is 9.20. The van der Waals surface area contributed by atoms with Gasteiger partial charge in [0.15, 0.2) is 0 Å². The molecule has 0 spiro atoms. The molecule has 14 heavy (non-hydrogen) atoms. The van der Waals surface area contributed by atoms with Gasteiger partial charge in [-0.05, 0) is 36.7 Å². The molecule has 1 aromatic carbocycles. The SMILES string of the molecule is CPC(CC(C)C)c1ccc(O)cc1. The Labute approximate surface area is 88.3 Å². The first kappa shape index (κ1) is 11.5. The lowest BCUT2D eigenvalue weighted by molar-refractivity contribution is 0.475. The van der Waals surface area contributed by atoms with Crippen LogP contribution < -0.4 is 0 Å². The average Bonchev–Trinajstić information content (AvgIpc) is 2.15. The van der Waals surface area contributed by atoms with Crippen molar-refractivity contribution in [2.75, 3.05) is 6.66 Å². The molecule has 2 atom stereocenters. The Kier molecular flexibility index (Phi) is 4.41. The molecule has 0 radical (unpaired) electrons. The van der Waals surface area contributed by atoms with E-state index >= 15 is 0 Å². The van der Waals surface area contributed by atoms with Crippen LogP contribution in [0.5, 0.6) is 5.75 Å². The van der Waals surface area contributed by atoms with Gasteiger partial charge in [-0.3, -0.25) is 0 Å². The third kappa shape index (κ3) is 3.31. The summed E-state index contributed by atoms with van der Waals surface area (Å²) in [6.07, 6.45) is 1.24. The monoisotopic (exact) mass is 210 g/mol. The largest absolute Gasteiger partial charge is 0.508 e. The van der Waals surface area contributed by atoms with Gasteiger partial charge in [0.25, 0.3) is 0 Å². The zero-order valence-electron chi connectivity index (χ0n) is 9.12. The number of aromatic hydroxyl groups is 1. The van der Waals surface area contributed by atoms with Gasteiger partial charge in [0.2, 0.25) is 0 Å². The number of benzene rings is 1. The molecular weight excluding hydrogens is 191 g/mol. The zero-order chi connectivity index (χ0) is 10.6. The molecule has 0 heterocycles. The van der Waals surface area contributed by atoms with Crippen molar-refractivity contribution in [2.24, 2.45) is 5.92 Å². The third-order valence-corrected chi connectivity index (χ3v) is 3.62. The van der Waals surface area contributed by atoms with Gasteiger partial charge in [-0.1, -0.05) is 26.0 Å². The van der Waals surface area contributed by atoms with E-state index in [1.54, 1.807) is 12.1 Å². The molecule has 0 saturated heterocycles. The van der Waals surface area contributed by atoms with E-state index in [1.165, 1.54) is 12.0 Å². The first-order valence-electron chi connectivity index (χ1n) is 5.09. The summed E-state index contributed by atoms with van der Waals surface area (Å²) >= 11 is 0. The number of rotatable bonds is 4. The van der Waals surface area contributed by atoms with Crippen molar-refractivity contribution in [3.8, 4) is 5.75 Å². The van der Waals surface area contributed by atoms with Crippen LogP contribution in [0.25, 0.3) is 0 Å². The van der Waals surface area contributed by atoms with Crippen LogP contribution in [0.1, 0.15) is 31.5 Å². The summed E-state index contributed by atoms with van der Waals surface area (Å²) in [6, 6.07) is 7.64. The molecule has 78 valence electrons. The Morgan fingerprint density at radius 2 is 1.79 bits per heavy atom. The van der Waals surface area contributed by atoms with Crippen molar-refractivity contribution in [3.63, 3.8) is 0 Å². The Hall–Kier alpha value is -0.550. The minimum absolute atomic E-state index is 0.358. The second-order valence-electron chi connectivity index (χ2n) is 4.06. The quantitative estimate of drug-likeness (QED) is 0.749. The van der Waals surface area contributed by atoms with E-state index in [0.29, 0.717) is 11.4 Å². The minimum Gasteiger partial charge on any atom is -0.508 e. The molecule has 1 N–H and O–H groups in total. The van der Waals surface area contributed by atoms with Crippen LogP contribution in [0.3, 0.4) is 0 Å². The number of hydrogen-bond donors (Lipinski definition) is 1. The van der Waals surface area contributed by atoms with Crippen LogP contribution in [0.2, 0.25) is 0 Å². The van der Waals surface area contributed by atoms with E-state index in [2.05, 4.69) is 20.5 Å². The van der Waals surface area contributed by atoms with Gasteiger partial charge >= 0.3 is 0 Å². The Balaban J connectivity index is 2.73. The average molecular weight is 210 g/mol. The summed E-state index contributed by atoms with van der Waals surface area (Å²) in [4.78, 5) is 0. The van der Waals surface area contributed by atoms with E-state index in [9.17, 15) is 5.11 Å². The molecule has 0 aliphatic rings. The van der Waals surface area contributed by atoms with Gasteiger partial charge in [0.1, 0.15) is 5.75 Å². The highest BCUT2D eigenvalue weighted by molar-refractivity contribution is 7.37. The molecule has 1 nitrogen and oxygen atoms in total. The van der Waals surface area contributed by atoms with E-state index in [-0.39, 0.29) is 0 Å². The van der Waals surface area contributed by atoms with Crippen LogP contribution in [0.15, 0.2) is 24.3 Å². The molecule has 0 aliphatic heterocycles. The normalized spacial score (nSPS) is 14.0. The highest BCUT2D eigenvalue weighted by Gasteiger charge is 2.10. The molecule has 0 saturated carbocycles. The van der Waals surface area contributed by atoms with Crippen LogP contribution in [-0.2, 0) is 0 Å². The Morgan fingerprint density at radius 3 is 2.21 bits per heavy atom. The fourth-order valence-electron chi connectivity index (χ4n) is 1.60. The lowest BCUT2D eigenvalue weighted by atomic mass is 10.0. The summed E-state index contributed by atoms with van der Waals surface area (Å²) in [6.45, 7) is 6.76. The van der Waals surface area contributed by atoms with Crippen molar-refractivity contribution in [1.29, 1.82) is 0 Å². The topological polar surface area (TPSA) is 20.2 Å². The van der Waals surface area contributed by atoms with Crippen molar-refractivity contribution < 1.29 is 5.11 Å². The first-order valence-corrected chi connectivity index (χ1v) is 6.67. The Bertz CT molecular complexity index is 266. The molecular formula is C12H19OP. The predicted octanol–water partition coefficient (Wildman–Crippen LogP) is 3.79. The van der Waals surface area contributed by atoms with Crippen LogP contribution in [-0.4, -0.2) is 11.8 Å². The maximum absolute atomic E-state index is 9.20. The van der Waals surface area contributed by atoms with E-state index in [1.807, 2.05) is 12.1 Å². The summed E-state index contributed by atoms with van der Waals surface area (Å²) in [5.74, 6) is 1.10. The summed E-state index contributed by atoms with van der Waals surface area (Å²) < 4.78 is 0. The number of phenols is 1. The second-order valence-corrected chi connectivity index (χ2v) is 5.34. The van der Waals surface area contributed by atoms with Crippen molar-refractivity contribution in [2.45, 2.75) is 25.9 Å². The molecule has 0 aliphatic carbocycles. The maximum atomic E-state index is 9.20. The molecule has 0 aromatic heterocycles. The molecule has 0 bridgehead atoms. The highest BCUT2D eigenvalue weighted by Crippen LogP contribution is 2.37. The second kappa shape index (κ2) is 5.36. The highest BCUT2D eigenvalue weighted by atomic mass is 31.1. The van der Waals surface area contributed by atoms with Gasteiger partial charge in [-0.15, -0.1) is 8.58 Å². The smallest absolute Gasteiger partial charge is 0.115 e. The molecule has 0 fully saturated rings. The third-order valence-electron chi connectivity index (χ3n) is 2.35. The molecule has 1 aromatic rings. The first-order chi connectivity index (χ1) is 6.63. The van der Waals surface area contributed by atoms with E-state index < -0.39 is 0 Å². The Morgan fingerprint density at radius 1 is 1.21 bits per heavy atom. The fourth-order valence-corrected chi connectivity index (χ4v) is 2.83. The zero-order valence-corrected chi connectivity index (χ0v) is 10.1. The standard InChI is InChI=1S/C12H19OP/c1-9(2)8-12(14-3)10-4-6-11(13)7-5-10/h4-7,9,12-14H,8H2,1-3H3. The summed E-state index contributed by atoms with van der Waals surface area (Å²) in [5.41, 5.74) is 2.02. The summed E-state index contributed by atoms with van der Waals surface area (Å²) in [7, 11) is 0.934. The van der Waals surface area contributed by atoms with Gasteiger partial charge in [-0.25, -0.2) is 0 Å². The molecule has 2 unspecified atom stereocenters. The van der Waals surface area contributed by atoms with E-state index in [4.69, 9.17) is 0 Å². The maximum Gasteiger partial charge on any atom is 0.115 e. The fraction of sp³-hybridized carbons (Fsp3) is 0.500. The van der Waals surface area contributed by atoms with Crippen molar-refractivity contribution >= 4 is 8.58 Å². The molecule has 1 rings (SSSR count). The lowest BCUT2D eigenvalue weighted by Crippen LogP contribution is -1.97. The number of phenolic OH excluding ortho intramolecular Hbond substituents is 1. The van der Waals surface area contributed by atoms with Gasteiger partial charge in [0, 0.05) is 5.66 Å².